The van der Waals surface area contributed by atoms with Crippen molar-refractivity contribution in [2.45, 2.75) is 39.3 Å². The molecule has 0 aliphatic heterocycles. The van der Waals surface area contributed by atoms with Crippen molar-refractivity contribution in [2.75, 3.05) is 0 Å². The molecule has 0 radical (unpaired) electrons. The number of carbonyl (C=O) groups excluding carboxylic acids is 1. The predicted molar refractivity (Wildman–Crippen MR) is 105 cm³/mol. The molecular formula is C22H26O2P+. The van der Waals surface area contributed by atoms with Crippen LogP contribution in [-0.2, 0) is 4.79 Å². The van der Waals surface area contributed by atoms with Gasteiger partial charge in [-0.1, -0.05) is 57.2 Å². The molecule has 0 amide bonds. The van der Waals surface area contributed by atoms with Crippen LogP contribution in [0.5, 0.6) is 0 Å². The molecule has 0 aromatic heterocycles. The van der Waals surface area contributed by atoms with E-state index in [0.29, 0.717) is 0 Å². The Hall–Kier alpha value is -1.50. The number of benzene rings is 2. The molecule has 2 saturated carbocycles. The number of carbonyl (C=O) groups is 1. The number of Topliss-reactive ketones (excluding diaryl/α,β-unsaturated/α-hetero) is 1. The SMILES string of the molecule is CC12CCC(C([P+](O)(c3ccccc3)c3ccccc3)C1=O)C2(C)C. The standard InChI is InChI=1S/C22H26O2P/c1-21(2)18-14-15-22(21,3)20(23)19(18)25(24,16-10-6-4-7-11-16)17-12-8-5-9-13-17/h4-13,18-19,24H,14-15H2,1-3H3/q+1. The highest BCUT2D eigenvalue weighted by Crippen LogP contribution is 2.74. The van der Waals surface area contributed by atoms with Crippen LogP contribution in [0.15, 0.2) is 60.7 Å². The Morgan fingerprint density at radius 3 is 1.80 bits per heavy atom. The summed E-state index contributed by atoms with van der Waals surface area (Å²) >= 11 is 0. The fourth-order valence-corrected chi connectivity index (χ4v) is 9.11. The number of hydrogen-bond donors (Lipinski definition) is 1. The fourth-order valence-electron chi connectivity index (χ4n) is 5.25. The Labute approximate surface area is 150 Å². The average Bonchev–Trinajstić information content (AvgIpc) is 2.95. The van der Waals surface area contributed by atoms with Gasteiger partial charge in [0.2, 0.25) is 7.49 Å². The third-order valence-corrected chi connectivity index (χ3v) is 10.8. The van der Waals surface area contributed by atoms with Crippen molar-refractivity contribution in [3.63, 3.8) is 0 Å². The molecule has 2 aliphatic rings. The third kappa shape index (κ3) is 2.08. The minimum absolute atomic E-state index is 0.0632. The van der Waals surface area contributed by atoms with Gasteiger partial charge in [-0.15, -0.1) is 0 Å². The lowest BCUT2D eigenvalue weighted by molar-refractivity contribution is -0.128. The second-order valence-electron chi connectivity index (χ2n) is 8.36. The van der Waals surface area contributed by atoms with Gasteiger partial charge in [-0.3, -0.25) is 4.79 Å². The zero-order valence-electron chi connectivity index (χ0n) is 15.1. The smallest absolute Gasteiger partial charge is 0.217 e. The molecule has 3 heteroatoms. The van der Waals surface area contributed by atoms with Crippen LogP contribution < -0.4 is 10.6 Å². The molecule has 130 valence electrons. The summed E-state index contributed by atoms with van der Waals surface area (Å²) in [6.07, 6.45) is 1.98. The van der Waals surface area contributed by atoms with Crippen LogP contribution in [-0.4, -0.2) is 16.3 Å². The van der Waals surface area contributed by atoms with E-state index in [9.17, 15) is 9.69 Å². The molecule has 3 unspecified atom stereocenters. The van der Waals surface area contributed by atoms with E-state index < -0.39 is 7.49 Å². The monoisotopic (exact) mass is 353 g/mol. The Balaban J connectivity index is 1.94. The van der Waals surface area contributed by atoms with Gasteiger partial charge in [0, 0.05) is 11.3 Å². The highest BCUT2D eigenvalue weighted by molar-refractivity contribution is 7.86. The quantitative estimate of drug-likeness (QED) is 0.848. The number of hydrogen-bond acceptors (Lipinski definition) is 2. The molecule has 2 bridgehead atoms. The van der Waals surface area contributed by atoms with E-state index in [2.05, 4.69) is 20.8 Å². The van der Waals surface area contributed by atoms with Gasteiger partial charge in [0.15, 0.2) is 11.4 Å². The van der Waals surface area contributed by atoms with Gasteiger partial charge in [-0.25, -0.2) is 4.89 Å². The second kappa shape index (κ2) is 5.50. The lowest BCUT2D eigenvalue weighted by Crippen LogP contribution is -2.41. The summed E-state index contributed by atoms with van der Waals surface area (Å²) in [6, 6.07) is 19.8. The van der Waals surface area contributed by atoms with Gasteiger partial charge in [-0.05, 0) is 42.5 Å². The van der Waals surface area contributed by atoms with E-state index >= 15 is 0 Å². The van der Waals surface area contributed by atoms with Gasteiger partial charge in [0.1, 0.15) is 10.6 Å². The minimum Gasteiger partial charge on any atom is -0.294 e. The van der Waals surface area contributed by atoms with Crippen molar-refractivity contribution >= 4 is 23.9 Å². The lowest BCUT2D eigenvalue weighted by Gasteiger charge is -2.32. The number of fused-ring (bicyclic) bond motifs is 2. The minimum atomic E-state index is -2.79. The van der Waals surface area contributed by atoms with Gasteiger partial charge in [-0.2, -0.15) is 0 Å². The second-order valence-corrected chi connectivity index (χ2v) is 11.3. The van der Waals surface area contributed by atoms with Crippen LogP contribution in [0.2, 0.25) is 0 Å². The normalized spacial score (nSPS) is 30.6. The largest absolute Gasteiger partial charge is 0.294 e. The van der Waals surface area contributed by atoms with Gasteiger partial charge in [0.25, 0.3) is 0 Å². The average molecular weight is 353 g/mol. The van der Waals surface area contributed by atoms with E-state index in [4.69, 9.17) is 0 Å². The molecule has 2 fully saturated rings. The van der Waals surface area contributed by atoms with Crippen LogP contribution >= 0.6 is 7.49 Å². The summed E-state index contributed by atoms with van der Waals surface area (Å²) < 4.78 is 0. The van der Waals surface area contributed by atoms with Crippen LogP contribution in [0.4, 0.5) is 0 Å². The van der Waals surface area contributed by atoms with Crippen molar-refractivity contribution in [1.29, 1.82) is 0 Å². The molecular weight excluding hydrogens is 327 g/mol. The van der Waals surface area contributed by atoms with E-state index in [1.165, 1.54) is 0 Å². The van der Waals surface area contributed by atoms with Crippen molar-refractivity contribution in [1.82, 2.24) is 0 Å². The molecule has 2 nitrogen and oxygen atoms in total. The molecule has 2 aromatic rings. The van der Waals surface area contributed by atoms with Crippen LogP contribution in [0.3, 0.4) is 0 Å². The molecule has 3 atom stereocenters. The van der Waals surface area contributed by atoms with Crippen molar-refractivity contribution in [3.05, 3.63) is 60.7 Å². The van der Waals surface area contributed by atoms with Gasteiger partial charge < -0.3 is 0 Å². The van der Waals surface area contributed by atoms with Gasteiger partial charge in [0.05, 0.1) is 0 Å². The van der Waals surface area contributed by atoms with Crippen LogP contribution in [0.1, 0.15) is 33.6 Å². The Morgan fingerprint density at radius 1 is 0.920 bits per heavy atom. The first-order valence-corrected chi connectivity index (χ1v) is 10.9. The summed E-state index contributed by atoms with van der Waals surface area (Å²) in [4.78, 5) is 25.7. The summed E-state index contributed by atoms with van der Waals surface area (Å²) in [5, 5.41) is 1.85. The molecule has 2 aliphatic carbocycles. The van der Waals surface area contributed by atoms with E-state index in [1.54, 1.807) is 0 Å². The molecule has 0 spiro atoms. The summed E-state index contributed by atoms with van der Waals surface area (Å²) in [7, 11) is -2.79. The summed E-state index contributed by atoms with van der Waals surface area (Å²) in [6.45, 7) is 6.57. The first-order chi connectivity index (χ1) is 11.8. The first-order valence-electron chi connectivity index (χ1n) is 9.10. The summed E-state index contributed by atoms with van der Waals surface area (Å²) in [5.74, 6) is 0.515. The van der Waals surface area contributed by atoms with E-state index in [1.807, 2.05) is 60.7 Å². The van der Waals surface area contributed by atoms with Crippen molar-refractivity contribution in [2.24, 2.45) is 16.7 Å². The molecule has 2 aromatic carbocycles. The maximum absolute atomic E-state index is 13.6. The number of ketones is 1. The topological polar surface area (TPSA) is 37.3 Å². The van der Waals surface area contributed by atoms with Crippen LogP contribution in [0.25, 0.3) is 0 Å². The number of rotatable bonds is 3. The first kappa shape index (κ1) is 16.9. The molecule has 1 N–H and O–H groups in total. The lowest BCUT2D eigenvalue weighted by atomic mass is 9.70. The zero-order valence-corrected chi connectivity index (χ0v) is 16.0. The Morgan fingerprint density at radius 2 is 1.40 bits per heavy atom. The highest BCUT2D eigenvalue weighted by Gasteiger charge is 2.74. The maximum Gasteiger partial charge on any atom is 0.217 e. The Kier molecular flexibility index (Phi) is 3.72. The molecule has 0 heterocycles. The van der Waals surface area contributed by atoms with Crippen molar-refractivity contribution < 1.29 is 9.69 Å². The van der Waals surface area contributed by atoms with Crippen molar-refractivity contribution in [3.8, 4) is 0 Å². The fraction of sp³-hybridized carbons (Fsp3) is 0.409. The molecule has 0 saturated heterocycles. The van der Waals surface area contributed by atoms with E-state index in [-0.39, 0.29) is 28.2 Å². The Bertz CT molecular complexity index is 760. The zero-order chi connectivity index (χ0) is 17.9. The molecule has 25 heavy (non-hydrogen) atoms. The third-order valence-electron chi connectivity index (χ3n) is 7.20. The van der Waals surface area contributed by atoms with E-state index in [0.717, 1.165) is 23.5 Å². The summed E-state index contributed by atoms with van der Waals surface area (Å²) in [5.41, 5.74) is -0.669. The molecule has 4 rings (SSSR count). The highest BCUT2D eigenvalue weighted by atomic mass is 31.2. The maximum atomic E-state index is 13.6. The van der Waals surface area contributed by atoms with Crippen LogP contribution in [0, 0.1) is 16.7 Å². The predicted octanol–water partition coefficient (Wildman–Crippen LogP) is 3.96. The van der Waals surface area contributed by atoms with Gasteiger partial charge >= 0.3 is 0 Å².